The molecule has 1 aromatic heterocycles. The summed E-state index contributed by atoms with van der Waals surface area (Å²) in [7, 11) is 0. The number of nitrogens with zero attached hydrogens (tertiary/aromatic N) is 2. The molecule has 2 heterocycles. The Morgan fingerprint density at radius 2 is 2.23 bits per heavy atom. The monoisotopic (exact) mass is 309 g/mol. The average Bonchev–Trinajstić information content (AvgIpc) is 2.69. The van der Waals surface area contributed by atoms with E-state index in [0.717, 1.165) is 43.8 Å². The number of ether oxygens (including phenoxy) is 1. The third-order valence-corrected chi connectivity index (χ3v) is 3.63. The van der Waals surface area contributed by atoms with Crippen molar-refractivity contribution in [3.05, 3.63) is 17.5 Å². The van der Waals surface area contributed by atoms with Gasteiger partial charge in [-0.2, -0.15) is 0 Å². The second kappa shape index (κ2) is 7.13. The molecule has 0 bridgehead atoms. The fraction of sp³-hybridized carbons (Fsp3) is 0.750. The number of amides is 1. The zero-order valence-electron chi connectivity index (χ0n) is 14.0. The molecule has 1 fully saturated rings. The Kier molecular flexibility index (Phi) is 5.45. The van der Waals surface area contributed by atoms with Crippen LogP contribution in [0.2, 0.25) is 0 Å². The highest BCUT2D eigenvalue weighted by Crippen LogP contribution is 2.16. The molecule has 2 rings (SSSR count). The normalized spacial score (nSPS) is 19.8. The molecule has 1 aliphatic heterocycles. The second-order valence-corrected chi connectivity index (χ2v) is 6.91. The zero-order chi connectivity index (χ0) is 16.2. The van der Waals surface area contributed by atoms with Crippen molar-refractivity contribution in [1.29, 1.82) is 0 Å². The maximum Gasteiger partial charge on any atom is 0.410 e. The highest BCUT2D eigenvalue weighted by atomic mass is 16.6. The van der Waals surface area contributed by atoms with Gasteiger partial charge in [-0.25, -0.2) is 4.79 Å². The topological polar surface area (TPSA) is 67.6 Å². The van der Waals surface area contributed by atoms with E-state index in [1.165, 1.54) is 0 Å². The number of hydrogen-bond acceptors (Lipinski definition) is 5. The predicted octanol–water partition coefficient (Wildman–Crippen LogP) is 2.86. The summed E-state index contributed by atoms with van der Waals surface area (Å²) in [6.45, 7) is 9.77. The zero-order valence-corrected chi connectivity index (χ0v) is 14.0. The molecule has 0 saturated carbocycles. The predicted molar refractivity (Wildman–Crippen MR) is 83.5 cm³/mol. The lowest BCUT2D eigenvalue weighted by Gasteiger charge is -2.26. The van der Waals surface area contributed by atoms with E-state index in [4.69, 9.17) is 9.26 Å². The first-order valence-electron chi connectivity index (χ1n) is 7.97. The van der Waals surface area contributed by atoms with Gasteiger partial charge >= 0.3 is 6.09 Å². The lowest BCUT2D eigenvalue weighted by molar-refractivity contribution is 0.0256. The van der Waals surface area contributed by atoms with E-state index in [1.807, 2.05) is 38.7 Å². The van der Waals surface area contributed by atoms with Gasteiger partial charge < -0.3 is 19.5 Å². The van der Waals surface area contributed by atoms with Crippen molar-refractivity contribution in [2.45, 2.75) is 65.1 Å². The van der Waals surface area contributed by atoms with Gasteiger partial charge in [0, 0.05) is 31.7 Å². The minimum atomic E-state index is -0.439. The van der Waals surface area contributed by atoms with E-state index in [0.29, 0.717) is 12.6 Å². The van der Waals surface area contributed by atoms with Gasteiger partial charge in [-0.1, -0.05) is 5.16 Å². The van der Waals surface area contributed by atoms with Crippen molar-refractivity contribution in [3.63, 3.8) is 0 Å². The van der Waals surface area contributed by atoms with Gasteiger partial charge in [-0.05, 0) is 47.0 Å². The highest BCUT2D eigenvalue weighted by molar-refractivity contribution is 5.68. The van der Waals surface area contributed by atoms with E-state index in [2.05, 4.69) is 10.5 Å². The molecular formula is C16H27N3O3. The van der Waals surface area contributed by atoms with E-state index < -0.39 is 5.60 Å². The number of carbonyl (C=O) groups is 1. The van der Waals surface area contributed by atoms with Crippen LogP contribution in [0.4, 0.5) is 4.79 Å². The van der Waals surface area contributed by atoms with Crippen LogP contribution in [0, 0.1) is 6.92 Å². The summed E-state index contributed by atoms with van der Waals surface area (Å²) in [5.41, 5.74) is 0.483. The van der Waals surface area contributed by atoms with E-state index in [-0.39, 0.29) is 6.09 Å². The van der Waals surface area contributed by atoms with Gasteiger partial charge in [-0.15, -0.1) is 0 Å². The van der Waals surface area contributed by atoms with Crippen molar-refractivity contribution in [1.82, 2.24) is 15.4 Å². The molecule has 0 aliphatic carbocycles. The first kappa shape index (κ1) is 16.8. The molecule has 1 amide bonds. The molecule has 1 unspecified atom stereocenters. The summed E-state index contributed by atoms with van der Waals surface area (Å²) in [6, 6.07) is 2.33. The third kappa shape index (κ3) is 5.33. The molecule has 0 aromatic carbocycles. The molecule has 0 spiro atoms. The number of likely N-dealkylation sites (tertiary alicyclic amines) is 1. The smallest absolute Gasteiger partial charge is 0.410 e. The van der Waals surface area contributed by atoms with Crippen LogP contribution in [0.25, 0.3) is 0 Å². The standard InChI is InChI=1S/C16H27N3O3/c1-12-10-14(18-22-12)11-17-13-6-5-8-19(9-7-13)15(20)21-16(2,3)4/h10,13,17H,5-9,11H2,1-4H3. The maximum atomic E-state index is 12.1. The Hall–Kier alpha value is -1.56. The first-order valence-corrected chi connectivity index (χ1v) is 7.97. The van der Waals surface area contributed by atoms with E-state index >= 15 is 0 Å². The molecule has 22 heavy (non-hydrogen) atoms. The van der Waals surface area contributed by atoms with Crippen molar-refractivity contribution in [2.75, 3.05) is 13.1 Å². The molecule has 6 nitrogen and oxygen atoms in total. The van der Waals surface area contributed by atoms with Crippen LogP contribution >= 0.6 is 0 Å². The number of nitrogens with one attached hydrogen (secondary N) is 1. The highest BCUT2D eigenvalue weighted by Gasteiger charge is 2.25. The summed E-state index contributed by atoms with van der Waals surface area (Å²) < 4.78 is 10.5. The third-order valence-electron chi connectivity index (χ3n) is 3.63. The van der Waals surface area contributed by atoms with Gasteiger partial charge in [-0.3, -0.25) is 0 Å². The lowest BCUT2D eigenvalue weighted by atomic mass is 10.1. The minimum Gasteiger partial charge on any atom is -0.444 e. The molecule has 1 N–H and O–H groups in total. The van der Waals surface area contributed by atoms with Gasteiger partial charge in [0.2, 0.25) is 0 Å². The number of rotatable bonds is 3. The van der Waals surface area contributed by atoms with Crippen LogP contribution in [-0.2, 0) is 11.3 Å². The first-order chi connectivity index (χ1) is 10.3. The average molecular weight is 309 g/mol. The van der Waals surface area contributed by atoms with Crippen LogP contribution in [0.5, 0.6) is 0 Å². The van der Waals surface area contributed by atoms with E-state index in [9.17, 15) is 4.79 Å². The van der Waals surface area contributed by atoms with Crippen molar-refractivity contribution in [3.8, 4) is 0 Å². The SMILES string of the molecule is Cc1cc(CNC2CCCN(C(=O)OC(C)(C)C)CC2)no1. The van der Waals surface area contributed by atoms with Gasteiger partial charge in [0.1, 0.15) is 11.4 Å². The van der Waals surface area contributed by atoms with Crippen LogP contribution in [-0.4, -0.2) is 40.9 Å². The molecule has 1 saturated heterocycles. The van der Waals surface area contributed by atoms with Crippen LogP contribution in [0.3, 0.4) is 0 Å². The van der Waals surface area contributed by atoms with Crippen molar-refractivity contribution < 1.29 is 14.1 Å². The summed E-state index contributed by atoms with van der Waals surface area (Å²) in [4.78, 5) is 13.9. The summed E-state index contributed by atoms with van der Waals surface area (Å²) >= 11 is 0. The van der Waals surface area contributed by atoms with Crippen molar-refractivity contribution in [2.24, 2.45) is 0 Å². The molecule has 124 valence electrons. The Bertz CT molecular complexity index is 493. The largest absolute Gasteiger partial charge is 0.444 e. The fourth-order valence-corrected chi connectivity index (χ4v) is 2.56. The Balaban J connectivity index is 1.78. The van der Waals surface area contributed by atoms with Gasteiger partial charge in [0.05, 0.1) is 5.69 Å². The van der Waals surface area contributed by atoms with Crippen LogP contribution in [0.1, 0.15) is 51.5 Å². The van der Waals surface area contributed by atoms with Gasteiger partial charge in [0.15, 0.2) is 0 Å². The molecule has 1 atom stereocenters. The quantitative estimate of drug-likeness (QED) is 0.930. The van der Waals surface area contributed by atoms with Crippen LogP contribution in [0.15, 0.2) is 10.6 Å². The summed E-state index contributed by atoms with van der Waals surface area (Å²) in [5.74, 6) is 0.828. The molecule has 6 heteroatoms. The molecule has 1 aliphatic rings. The number of aryl methyl sites for hydroxylation is 1. The molecule has 1 aromatic rings. The molecule has 0 radical (unpaired) electrons. The van der Waals surface area contributed by atoms with Crippen LogP contribution < -0.4 is 5.32 Å². The fourth-order valence-electron chi connectivity index (χ4n) is 2.56. The molecular weight excluding hydrogens is 282 g/mol. The summed E-state index contributed by atoms with van der Waals surface area (Å²) in [5, 5.41) is 7.48. The second-order valence-electron chi connectivity index (χ2n) is 6.91. The maximum absolute atomic E-state index is 12.1. The van der Waals surface area contributed by atoms with Crippen molar-refractivity contribution >= 4 is 6.09 Å². The Labute approximate surface area is 132 Å². The van der Waals surface area contributed by atoms with Gasteiger partial charge in [0.25, 0.3) is 0 Å². The number of aromatic nitrogens is 1. The number of hydrogen-bond donors (Lipinski definition) is 1. The summed E-state index contributed by atoms with van der Waals surface area (Å²) in [6.07, 6.45) is 2.75. The Morgan fingerprint density at radius 1 is 1.45 bits per heavy atom. The Morgan fingerprint density at radius 3 is 2.86 bits per heavy atom. The lowest BCUT2D eigenvalue weighted by Crippen LogP contribution is -2.38. The number of carbonyl (C=O) groups excluding carboxylic acids is 1. The van der Waals surface area contributed by atoms with E-state index in [1.54, 1.807) is 0 Å². The minimum absolute atomic E-state index is 0.208.